The topological polar surface area (TPSA) is 119 Å². The lowest BCUT2D eigenvalue weighted by Gasteiger charge is -2.26. The van der Waals surface area contributed by atoms with E-state index in [0.29, 0.717) is 37.1 Å². The minimum atomic E-state index is -3.56. The third-order valence-electron chi connectivity index (χ3n) is 4.33. The molecular weight excluding hydrogens is 416 g/mol. The zero-order valence-corrected chi connectivity index (χ0v) is 18.1. The molecule has 1 amide bonds. The van der Waals surface area contributed by atoms with Crippen molar-refractivity contribution < 1.29 is 17.9 Å². The number of carbonyl (C=O) groups is 1. The molecule has 3 rings (SSSR count). The summed E-state index contributed by atoms with van der Waals surface area (Å²) in [6.45, 7) is 7.13. The van der Waals surface area contributed by atoms with Gasteiger partial charge in [0.2, 0.25) is 21.1 Å². The van der Waals surface area contributed by atoms with Crippen LogP contribution >= 0.6 is 11.8 Å². The van der Waals surface area contributed by atoms with Crippen LogP contribution in [-0.4, -0.2) is 70.4 Å². The van der Waals surface area contributed by atoms with Crippen molar-refractivity contribution in [3.05, 3.63) is 24.3 Å². The Hall–Kier alpha value is -2.02. The molecule has 1 N–H and O–H groups in total. The molecular formula is C17H24N6O4S2. The molecule has 1 fully saturated rings. The van der Waals surface area contributed by atoms with E-state index < -0.39 is 15.3 Å². The number of thioether (sulfide) groups is 1. The number of amides is 1. The predicted octanol–water partition coefficient (Wildman–Crippen LogP) is 1.39. The van der Waals surface area contributed by atoms with Gasteiger partial charge in [0.05, 0.1) is 29.4 Å². The molecule has 0 aliphatic carbocycles. The van der Waals surface area contributed by atoms with Gasteiger partial charge in [-0.05, 0) is 55.5 Å². The Kier molecular flexibility index (Phi) is 6.88. The van der Waals surface area contributed by atoms with Gasteiger partial charge < -0.3 is 10.1 Å². The number of benzene rings is 1. The number of nitrogens with one attached hydrogen (secondary N) is 1. The average molecular weight is 441 g/mol. The van der Waals surface area contributed by atoms with Crippen LogP contribution in [-0.2, 0) is 19.6 Å². The Labute approximate surface area is 174 Å². The number of hydrogen-bond acceptors (Lipinski definition) is 8. The molecule has 2 heterocycles. The normalized spacial score (nSPS) is 16.7. The lowest BCUT2D eigenvalue weighted by molar-refractivity contribution is -0.115. The molecule has 1 aliphatic heterocycles. The lowest BCUT2D eigenvalue weighted by atomic mass is 10.3. The van der Waals surface area contributed by atoms with E-state index in [2.05, 4.69) is 20.8 Å². The molecule has 0 radical (unpaired) electrons. The summed E-state index contributed by atoms with van der Waals surface area (Å²) in [6, 6.07) is 6.25. The molecule has 29 heavy (non-hydrogen) atoms. The van der Waals surface area contributed by atoms with E-state index in [4.69, 9.17) is 4.74 Å². The molecule has 1 aromatic carbocycles. The minimum absolute atomic E-state index is 0.0868. The van der Waals surface area contributed by atoms with E-state index in [-0.39, 0.29) is 16.8 Å². The van der Waals surface area contributed by atoms with Crippen molar-refractivity contribution in [3.8, 4) is 0 Å². The molecule has 1 aliphatic rings. The van der Waals surface area contributed by atoms with Crippen LogP contribution < -0.4 is 5.32 Å². The van der Waals surface area contributed by atoms with Crippen LogP contribution in [0.1, 0.15) is 26.8 Å². The van der Waals surface area contributed by atoms with Crippen molar-refractivity contribution in [1.29, 1.82) is 0 Å². The van der Waals surface area contributed by atoms with E-state index >= 15 is 0 Å². The highest BCUT2D eigenvalue weighted by Gasteiger charge is 2.26. The molecule has 0 bridgehead atoms. The largest absolute Gasteiger partial charge is 0.379 e. The first-order valence-corrected chi connectivity index (χ1v) is 11.5. The van der Waals surface area contributed by atoms with Crippen LogP contribution in [0.25, 0.3) is 0 Å². The minimum Gasteiger partial charge on any atom is -0.379 e. The Morgan fingerprint density at radius 1 is 1.17 bits per heavy atom. The van der Waals surface area contributed by atoms with Crippen molar-refractivity contribution in [1.82, 2.24) is 24.5 Å². The van der Waals surface area contributed by atoms with E-state index in [1.807, 2.05) is 13.8 Å². The molecule has 0 unspecified atom stereocenters. The Bertz CT molecular complexity index is 939. The number of morpholine rings is 1. The summed E-state index contributed by atoms with van der Waals surface area (Å²) in [5, 5.41) is 14.4. The highest BCUT2D eigenvalue weighted by molar-refractivity contribution is 8.00. The number of anilines is 1. The molecule has 158 valence electrons. The maximum atomic E-state index is 12.7. The average Bonchev–Trinajstić information content (AvgIpc) is 3.17. The molecule has 1 saturated heterocycles. The van der Waals surface area contributed by atoms with Gasteiger partial charge >= 0.3 is 0 Å². The molecule has 1 aromatic heterocycles. The molecule has 1 atom stereocenters. The Balaban J connectivity index is 1.63. The van der Waals surface area contributed by atoms with Gasteiger partial charge in [-0.25, -0.2) is 13.1 Å². The summed E-state index contributed by atoms with van der Waals surface area (Å²) in [6.07, 6.45) is 0. The second-order valence-corrected chi connectivity index (χ2v) is 10.0. The van der Waals surface area contributed by atoms with Gasteiger partial charge in [0, 0.05) is 18.8 Å². The SMILES string of the molecule is CC(C)n1nnnc1S[C@@H](C)C(=O)Nc1ccc(S(=O)(=O)N2CCOCC2)cc1. The summed E-state index contributed by atoms with van der Waals surface area (Å²) >= 11 is 1.26. The summed E-state index contributed by atoms with van der Waals surface area (Å²) in [4.78, 5) is 12.7. The Morgan fingerprint density at radius 2 is 1.83 bits per heavy atom. The quantitative estimate of drug-likeness (QED) is 0.642. The van der Waals surface area contributed by atoms with Crippen LogP contribution in [0.15, 0.2) is 34.3 Å². The fraction of sp³-hybridized carbons (Fsp3) is 0.529. The van der Waals surface area contributed by atoms with Crippen LogP contribution in [0.4, 0.5) is 5.69 Å². The number of tetrazole rings is 1. The molecule has 10 nitrogen and oxygen atoms in total. The monoisotopic (exact) mass is 440 g/mol. The molecule has 0 saturated carbocycles. The second-order valence-electron chi connectivity index (χ2n) is 6.79. The van der Waals surface area contributed by atoms with Crippen LogP contribution in [0.5, 0.6) is 0 Å². The maximum absolute atomic E-state index is 12.7. The standard InChI is InChI=1S/C17H24N6O4S2/c1-12(2)23-17(19-20-21-23)28-13(3)16(24)18-14-4-6-15(7-5-14)29(25,26)22-8-10-27-11-9-22/h4-7,12-13H,8-11H2,1-3H3,(H,18,24)/t13-/m0/s1. The van der Waals surface area contributed by atoms with Crippen LogP contribution in [0.3, 0.4) is 0 Å². The number of sulfonamides is 1. The number of nitrogens with zero attached hydrogens (tertiary/aromatic N) is 5. The van der Waals surface area contributed by atoms with E-state index in [0.717, 1.165) is 0 Å². The molecule has 12 heteroatoms. The number of rotatable bonds is 7. The zero-order chi connectivity index (χ0) is 21.0. The summed E-state index contributed by atoms with van der Waals surface area (Å²) in [7, 11) is -3.56. The van der Waals surface area contributed by atoms with E-state index in [1.54, 1.807) is 23.7 Å². The van der Waals surface area contributed by atoms with Crippen LogP contribution in [0.2, 0.25) is 0 Å². The number of carbonyl (C=O) groups excluding carboxylic acids is 1. The van der Waals surface area contributed by atoms with Gasteiger partial charge in [-0.3, -0.25) is 4.79 Å². The van der Waals surface area contributed by atoms with Crippen molar-refractivity contribution in [2.75, 3.05) is 31.6 Å². The first-order valence-electron chi connectivity index (χ1n) is 9.22. The summed E-state index contributed by atoms with van der Waals surface area (Å²) in [5.74, 6) is -0.225. The Morgan fingerprint density at radius 3 is 2.45 bits per heavy atom. The predicted molar refractivity (Wildman–Crippen MR) is 108 cm³/mol. The zero-order valence-electron chi connectivity index (χ0n) is 16.5. The fourth-order valence-corrected chi connectivity index (χ4v) is 5.02. The van der Waals surface area contributed by atoms with Crippen molar-refractivity contribution >= 4 is 33.4 Å². The van der Waals surface area contributed by atoms with E-state index in [1.165, 1.54) is 28.2 Å². The van der Waals surface area contributed by atoms with Gasteiger partial charge in [-0.2, -0.15) is 4.31 Å². The van der Waals surface area contributed by atoms with Gasteiger partial charge in [-0.15, -0.1) is 5.10 Å². The lowest BCUT2D eigenvalue weighted by Crippen LogP contribution is -2.40. The van der Waals surface area contributed by atoms with Crippen molar-refractivity contribution in [2.24, 2.45) is 0 Å². The van der Waals surface area contributed by atoms with Gasteiger partial charge in [0.25, 0.3) is 0 Å². The van der Waals surface area contributed by atoms with Gasteiger partial charge in [0.15, 0.2) is 0 Å². The molecule has 0 spiro atoms. The van der Waals surface area contributed by atoms with Crippen molar-refractivity contribution in [2.45, 2.75) is 42.1 Å². The first kappa shape index (κ1) is 21.7. The second kappa shape index (κ2) is 9.20. The van der Waals surface area contributed by atoms with Gasteiger partial charge in [-0.1, -0.05) is 11.8 Å². The smallest absolute Gasteiger partial charge is 0.243 e. The number of hydrogen-bond donors (Lipinski definition) is 1. The number of ether oxygens (including phenoxy) is 1. The fourth-order valence-electron chi connectivity index (χ4n) is 2.69. The highest BCUT2D eigenvalue weighted by Crippen LogP contribution is 2.24. The first-order chi connectivity index (χ1) is 13.8. The highest BCUT2D eigenvalue weighted by atomic mass is 32.2. The van der Waals surface area contributed by atoms with Gasteiger partial charge in [0.1, 0.15) is 0 Å². The van der Waals surface area contributed by atoms with Crippen molar-refractivity contribution in [3.63, 3.8) is 0 Å². The van der Waals surface area contributed by atoms with E-state index in [9.17, 15) is 13.2 Å². The summed E-state index contributed by atoms with van der Waals surface area (Å²) in [5.41, 5.74) is 0.520. The maximum Gasteiger partial charge on any atom is 0.243 e. The number of aromatic nitrogens is 4. The third kappa shape index (κ3) is 5.13. The summed E-state index contributed by atoms with van der Waals surface area (Å²) < 4.78 is 33.6. The third-order valence-corrected chi connectivity index (χ3v) is 7.29. The van der Waals surface area contributed by atoms with Crippen LogP contribution in [0, 0.1) is 0 Å². The molecule has 2 aromatic rings.